The first-order valence-corrected chi connectivity index (χ1v) is 9.82. The molecular formula is C22H28FIN4O. The molecule has 1 aliphatic heterocycles. The first kappa shape index (κ1) is 21.7. The number of anilines is 1. The van der Waals surface area contributed by atoms with E-state index in [1.165, 1.54) is 6.07 Å². The van der Waals surface area contributed by atoms with Crippen LogP contribution in [0, 0.1) is 5.82 Å². The molecule has 0 amide bonds. The Balaban J connectivity index is 0.00000240. The van der Waals surface area contributed by atoms with Gasteiger partial charge >= 0.3 is 0 Å². The maximum Gasteiger partial charge on any atom is 0.191 e. The monoisotopic (exact) mass is 510 g/mol. The molecule has 0 bridgehead atoms. The van der Waals surface area contributed by atoms with Crippen molar-refractivity contribution >= 4 is 35.6 Å². The molecule has 29 heavy (non-hydrogen) atoms. The Morgan fingerprint density at radius 3 is 2.66 bits per heavy atom. The van der Waals surface area contributed by atoms with Crippen molar-refractivity contribution in [3.8, 4) is 5.75 Å². The first-order valence-electron chi connectivity index (χ1n) is 9.82. The Hall–Kier alpha value is -2.03. The Kier molecular flexibility index (Phi) is 7.21. The fourth-order valence-electron chi connectivity index (χ4n) is 4.00. The van der Waals surface area contributed by atoms with Gasteiger partial charge in [0.15, 0.2) is 5.96 Å². The van der Waals surface area contributed by atoms with Crippen LogP contribution in [0.2, 0.25) is 0 Å². The van der Waals surface area contributed by atoms with E-state index in [2.05, 4.69) is 26.6 Å². The summed E-state index contributed by atoms with van der Waals surface area (Å²) in [4.78, 5) is 6.71. The van der Waals surface area contributed by atoms with Crippen molar-refractivity contribution in [3.63, 3.8) is 0 Å². The SMILES string of the molecule is CN=C(NC1CCN(c2ccccc2OC)C1)NC1CC1c1ccccc1F.I. The minimum Gasteiger partial charge on any atom is -0.495 e. The average Bonchev–Trinajstić information content (AvgIpc) is 3.32. The molecule has 4 rings (SSSR count). The van der Waals surface area contributed by atoms with Gasteiger partial charge in [-0.1, -0.05) is 30.3 Å². The highest BCUT2D eigenvalue weighted by Gasteiger charge is 2.40. The fourth-order valence-corrected chi connectivity index (χ4v) is 4.00. The Bertz CT molecular complexity index is 862. The number of rotatable bonds is 5. The van der Waals surface area contributed by atoms with Crippen molar-refractivity contribution in [2.24, 2.45) is 4.99 Å². The number of guanidine groups is 1. The lowest BCUT2D eigenvalue weighted by Gasteiger charge is -2.22. The minimum absolute atomic E-state index is 0. The number of hydrogen-bond donors (Lipinski definition) is 2. The molecule has 0 spiro atoms. The Morgan fingerprint density at radius 2 is 1.90 bits per heavy atom. The molecule has 3 atom stereocenters. The third kappa shape index (κ3) is 4.94. The lowest BCUT2D eigenvalue weighted by molar-refractivity contribution is 0.415. The van der Waals surface area contributed by atoms with Crippen LogP contribution in [0.25, 0.3) is 0 Å². The van der Waals surface area contributed by atoms with Crippen LogP contribution in [0.1, 0.15) is 24.3 Å². The maximum atomic E-state index is 14.0. The summed E-state index contributed by atoms with van der Waals surface area (Å²) in [6, 6.07) is 15.7. The van der Waals surface area contributed by atoms with E-state index in [-0.39, 0.29) is 41.8 Å². The summed E-state index contributed by atoms with van der Waals surface area (Å²) < 4.78 is 19.5. The molecule has 0 aromatic heterocycles. The van der Waals surface area contributed by atoms with E-state index in [1.54, 1.807) is 20.2 Å². The third-order valence-corrected chi connectivity index (χ3v) is 5.60. The van der Waals surface area contributed by atoms with Crippen LogP contribution < -0.4 is 20.3 Å². The van der Waals surface area contributed by atoms with Crippen molar-refractivity contribution in [3.05, 3.63) is 59.9 Å². The molecule has 2 aromatic carbocycles. The summed E-state index contributed by atoms with van der Waals surface area (Å²) in [5, 5.41) is 6.97. The zero-order valence-electron chi connectivity index (χ0n) is 16.8. The van der Waals surface area contributed by atoms with E-state index >= 15 is 0 Å². The smallest absolute Gasteiger partial charge is 0.191 e. The van der Waals surface area contributed by atoms with Gasteiger partial charge in [0.2, 0.25) is 0 Å². The Labute approximate surface area is 188 Å². The lowest BCUT2D eigenvalue weighted by Crippen LogP contribution is -2.45. The molecule has 0 radical (unpaired) electrons. The molecule has 1 saturated carbocycles. The van der Waals surface area contributed by atoms with Crippen molar-refractivity contribution in [1.29, 1.82) is 0 Å². The zero-order chi connectivity index (χ0) is 19.5. The van der Waals surface area contributed by atoms with Crippen LogP contribution in [0.3, 0.4) is 0 Å². The normalized spacial score (nSPS) is 23.3. The van der Waals surface area contributed by atoms with Crippen molar-refractivity contribution in [2.75, 3.05) is 32.1 Å². The van der Waals surface area contributed by atoms with Crippen LogP contribution in [-0.2, 0) is 0 Å². The van der Waals surface area contributed by atoms with Gasteiger partial charge < -0.3 is 20.3 Å². The quantitative estimate of drug-likeness (QED) is 0.366. The summed E-state index contributed by atoms with van der Waals surface area (Å²) in [7, 11) is 3.49. The van der Waals surface area contributed by atoms with E-state index in [0.29, 0.717) is 6.04 Å². The second-order valence-electron chi connectivity index (χ2n) is 7.43. The summed E-state index contributed by atoms with van der Waals surface area (Å²) >= 11 is 0. The summed E-state index contributed by atoms with van der Waals surface area (Å²) in [6.45, 7) is 1.86. The molecular weight excluding hydrogens is 482 g/mol. The van der Waals surface area contributed by atoms with E-state index in [0.717, 1.165) is 48.9 Å². The van der Waals surface area contributed by atoms with Gasteiger partial charge in [-0.15, -0.1) is 24.0 Å². The number of hydrogen-bond acceptors (Lipinski definition) is 3. The van der Waals surface area contributed by atoms with Gasteiger partial charge in [-0.25, -0.2) is 4.39 Å². The zero-order valence-corrected chi connectivity index (χ0v) is 19.1. The molecule has 1 saturated heterocycles. The largest absolute Gasteiger partial charge is 0.495 e. The topological polar surface area (TPSA) is 48.9 Å². The molecule has 2 N–H and O–H groups in total. The predicted octanol–water partition coefficient (Wildman–Crippen LogP) is 3.75. The number of benzene rings is 2. The summed E-state index contributed by atoms with van der Waals surface area (Å²) in [5.74, 6) is 1.78. The fraction of sp³-hybridized carbons (Fsp3) is 0.409. The second-order valence-corrected chi connectivity index (χ2v) is 7.43. The van der Waals surface area contributed by atoms with Crippen molar-refractivity contribution in [2.45, 2.75) is 30.8 Å². The predicted molar refractivity (Wildman–Crippen MR) is 126 cm³/mol. The summed E-state index contributed by atoms with van der Waals surface area (Å²) in [5.41, 5.74) is 1.91. The molecule has 156 valence electrons. The number of ether oxygens (including phenoxy) is 1. The number of aliphatic imine (C=N–C) groups is 1. The van der Waals surface area contributed by atoms with Crippen LogP contribution in [0.15, 0.2) is 53.5 Å². The first-order chi connectivity index (χ1) is 13.7. The molecule has 2 aliphatic rings. The molecule has 7 heteroatoms. The van der Waals surface area contributed by atoms with Gasteiger partial charge in [0.1, 0.15) is 11.6 Å². The van der Waals surface area contributed by atoms with E-state index in [9.17, 15) is 4.39 Å². The average molecular weight is 510 g/mol. The van der Waals surface area contributed by atoms with Crippen LogP contribution in [-0.4, -0.2) is 45.3 Å². The molecule has 2 fully saturated rings. The molecule has 1 aliphatic carbocycles. The van der Waals surface area contributed by atoms with Crippen molar-refractivity contribution in [1.82, 2.24) is 10.6 Å². The third-order valence-electron chi connectivity index (χ3n) is 5.60. The number of methoxy groups -OCH3 is 1. The lowest BCUT2D eigenvalue weighted by atomic mass is 10.1. The van der Waals surface area contributed by atoms with Gasteiger partial charge in [0, 0.05) is 38.1 Å². The number of nitrogens with zero attached hydrogens (tertiary/aromatic N) is 2. The molecule has 2 aromatic rings. The van der Waals surface area contributed by atoms with Crippen LogP contribution in [0.5, 0.6) is 5.75 Å². The second kappa shape index (κ2) is 9.65. The number of halogens is 2. The molecule has 3 unspecified atom stereocenters. The highest BCUT2D eigenvalue weighted by Crippen LogP contribution is 2.41. The standard InChI is InChI=1S/C22H27FN4O.HI/c1-24-22(26-19-13-17(19)16-7-3-4-8-18(16)23)25-15-11-12-27(14-15)20-9-5-6-10-21(20)28-2;/h3-10,15,17,19H,11-14H2,1-2H3,(H2,24,25,26);1H. The summed E-state index contributed by atoms with van der Waals surface area (Å²) in [6.07, 6.45) is 1.96. The maximum absolute atomic E-state index is 14.0. The van der Waals surface area contributed by atoms with Gasteiger partial charge in [-0.2, -0.15) is 0 Å². The van der Waals surface area contributed by atoms with Gasteiger partial charge in [0.05, 0.1) is 12.8 Å². The number of nitrogens with one attached hydrogen (secondary N) is 2. The van der Waals surface area contributed by atoms with Crippen LogP contribution >= 0.6 is 24.0 Å². The van der Waals surface area contributed by atoms with Gasteiger partial charge in [-0.05, 0) is 36.6 Å². The van der Waals surface area contributed by atoms with Gasteiger partial charge in [0.25, 0.3) is 0 Å². The van der Waals surface area contributed by atoms with Crippen LogP contribution in [0.4, 0.5) is 10.1 Å². The highest BCUT2D eigenvalue weighted by atomic mass is 127. The Morgan fingerprint density at radius 1 is 1.14 bits per heavy atom. The highest BCUT2D eigenvalue weighted by molar-refractivity contribution is 14.0. The van der Waals surface area contributed by atoms with Crippen molar-refractivity contribution < 1.29 is 9.13 Å². The molecule has 1 heterocycles. The molecule has 5 nitrogen and oxygen atoms in total. The minimum atomic E-state index is -0.122. The van der Waals surface area contributed by atoms with Gasteiger partial charge in [-0.3, -0.25) is 4.99 Å². The van der Waals surface area contributed by atoms with E-state index < -0.39 is 0 Å². The van der Waals surface area contributed by atoms with E-state index in [4.69, 9.17) is 4.74 Å². The van der Waals surface area contributed by atoms with E-state index in [1.807, 2.05) is 30.3 Å². The number of para-hydroxylation sites is 2.